The van der Waals surface area contributed by atoms with Crippen molar-refractivity contribution in [3.8, 4) is 11.5 Å². The molecule has 0 atom stereocenters. The number of allylic oxidation sites excluding steroid dienone is 2. The summed E-state index contributed by atoms with van der Waals surface area (Å²) >= 11 is 0. The van der Waals surface area contributed by atoms with Crippen molar-refractivity contribution < 1.29 is 19.1 Å². The zero-order valence-electron chi connectivity index (χ0n) is 21.5. The van der Waals surface area contributed by atoms with Gasteiger partial charge in [0.1, 0.15) is 0 Å². The Morgan fingerprint density at radius 1 is 1.11 bits per heavy atom. The number of hydrogen-bond donors (Lipinski definition) is 2. The number of aromatic nitrogens is 1. The van der Waals surface area contributed by atoms with Crippen molar-refractivity contribution in [3.63, 3.8) is 0 Å². The van der Waals surface area contributed by atoms with Crippen LogP contribution in [-0.4, -0.2) is 55.0 Å². The Labute approximate surface area is 218 Å². The molecule has 0 saturated carbocycles. The summed E-state index contributed by atoms with van der Waals surface area (Å²) in [5.74, 6) is 1.03. The smallest absolute Gasteiger partial charge is 0.311 e. The van der Waals surface area contributed by atoms with E-state index < -0.39 is 0 Å². The van der Waals surface area contributed by atoms with E-state index >= 15 is 0 Å². The van der Waals surface area contributed by atoms with Gasteiger partial charge in [-0.15, -0.1) is 0 Å². The van der Waals surface area contributed by atoms with E-state index in [2.05, 4.69) is 45.7 Å². The number of nitrogens with zero attached hydrogens (tertiary/aromatic N) is 1. The van der Waals surface area contributed by atoms with Gasteiger partial charge in [-0.05, 0) is 61.2 Å². The van der Waals surface area contributed by atoms with Crippen LogP contribution in [0, 0.1) is 0 Å². The van der Waals surface area contributed by atoms with E-state index in [1.807, 2.05) is 12.1 Å². The van der Waals surface area contributed by atoms with Crippen molar-refractivity contribution in [2.45, 2.75) is 32.1 Å². The van der Waals surface area contributed by atoms with Gasteiger partial charge < -0.3 is 24.7 Å². The van der Waals surface area contributed by atoms with Crippen LogP contribution in [0.1, 0.15) is 43.2 Å². The van der Waals surface area contributed by atoms with Crippen LogP contribution in [0.2, 0.25) is 0 Å². The maximum absolute atomic E-state index is 12.2. The quantitative estimate of drug-likeness (QED) is 0.176. The van der Waals surface area contributed by atoms with Crippen LogP contribution in [-0.2, 0) is 9.59 Å². The fraction of sp³-hybridized carbons (Fsp3) is 0.333. The fourth-order valence-electron chi connectivity index (χ4n) is 4.67. The molecule has 0 radical (unpaired) electrons. The third-order valence-electron chi connectivity index (χ3n) is 6.72. The Morgan fingerprint density at radius 2 is 1.92 bits per heavy atom. The monoisotopic (exact) mass is 501 g/mol. The van der Waals surface area contributed by atoms with Crippen LogP contribution in [0.3, 0.4) is 0 Å². The molecule has 37 heavy (non-hydrogen) atoms. The summed E-state index contributed by atoms with van der Waals surface area (Å²) in [6, 6.07) is 13.8. The molecular weight excluding hydrogens is 466 g/mol. The molecule has 194 valence electrons. The van der Waals surface area contributed by atoms with Gasteiger partial charge in [-0.1, -0.05) is 49.4 Å². The molecule has 1 aliphatic rings. The first kappa shape index (κ1) is 26.2. The highest BCUT2D eigenvalue weighted by Gasteiger charge is 2.22. The molecular formula is C30H35N3O4. The van der Waals surface area contributed by atoms with Gasteiger partial charge in [-0.25, -0.2) is 0 Å². The summed E-state index contributed by atoms with van der Waals surface area (Å²) < 4.78 is 10.6. The number of rotatable bonds is 10. The number of nitrogens with one attached hydrogen (secondary N) is 2. The Hall–Kier alpha value is -3.84. The predicted octanol–water partition coefficient (Wildman–Crippen LogP) is 5.06. The highest BCUT2D eigenvalue weighted by atomic mass is 16.6. The summed E-state index contributed by atoms with van der Waals surface area (Å²) in [7, 11) is 1.53. The zero-order chi connectivity index (χ0) is 26.0. The molecule has 1 aliphatic heterocycles. The molecule has 7 heteroatoms. The van der Waals surface area contributed by atoms with Crippen LogP contribution in [0.25, 0.3) is 17.0 Å². The van der Waals surface area contributed by atoms with E-state index in [-0.39, 0.29) is 11.9 Å². The van der Waals surface area contributed by atoms with Crippen molar-refractivity contribution in [1.82, 2.24) is 15.2 Å². The van der Waals surface area contributed by atoms with Crippen molar-refractivity contribution in [1.29, 1.82) is 0 Å². The molecule has 0 aliphatic carbocycles. The van der Waals surface area contributed by atoms with Crippen LogP contribution in [0.15, 0.2) is 66.9 Å². The van der Waals surface area contributed by atoms with Crippen LogP contribution >= 0.6 is 0 Å². The third-order valence-corrected chi connectivity index (χ3v) is 6.72. The average Bonchev–Trinajstić information content (AvgIpc) is 3.36. The van der Waals surface area contributed by atoms with Gasteiger partial charge in [-0.2, -0.15) is 0 Å². The van der Waals surface area contributed by atoms with Gasteiger partial charge in [0.2, 0.25) is 5.91 Å². The third kappa shape index (κ3) is 7.11. The number of esters is 1. The number of H-pyrrole nitrogens is 1. The number of carbonyl (C=O) groups excluding carboxylic acids is 2. The number of methoxy groups -OCH3 is 1. The molecule has 3 aromatic rings. The van der Waals surface area contributed by atoms with E-state index in [0.717, 1.165) is 38.0 Å². The van der Waals surface area contributed by atoms with Crippen LogP contribution in [0.5, 0.6) is 11.5 Å². The standard InChI is InChI=1S/C30H35N3O4/c1-3-30(35)37-27-13-12-22(20-28(27)36-2)8-4-7-11-29(34)31-16-19-33-17-14-23(15-18-33)25-21-32-26-10-6-5-9-24(25)26/h4-13,20-21,23,32H,3,14-19H2,1-2H3,(H,31,34)/b8-4+,11-7+. The Balaban J connectivity index is 1.17. The Kier molecular flexibility index (Phi) is 9.16. The van der Waals surface area contributed by atoms with Gasteiger partial charge in [0, 0.05) is 42.7 Å². The number of carbonyl (C=O) groups is 2. The number of benzene rings is 2. The van der Waals surface area contributed by atoms with E-state index in [1.165, 1.54) is 29.7 Å². The van der Waals surface area contributed by atoms with E-state index in [1.54, 1.807) is 31.2 Å². The maximum atomic E-state index is 12.2. The molecule has 1 amide bonds. The molecule has 1 saturated heterocycles. The minimum Gasteiger partial charge on any atom is -0.493 e. The number of aromatic amines is 1. The van der Waals surface area contributed by atoms with Crippen molar-refractivity contribution in [3.05, 3.63) is 78.0 Å². The lowest BCUT2D eigenvalue weighted by molar-refractivity contribution is -0.134. The second kappa shape index (κ2) is 12.9. The number of likely N-dealkylation sites (tertiary alicyclic amines) is 1. The highest BCUT2D eigenvalue weighted by molar-refractivity contribution is 5.88. The number of ether oxygens (including phenoxy) is 2. The first-order valence-corrected chi connectivity index (χ1v) is 12.9. The van der Waals surface area contributed by atoms with Crippen molar-refractivity contribution >= 4 is 28.9 Å². The minimum atomic E-state index is -0.314. The lowest BCUT2D eigenvalue weighted by Gasteiger charge is -2.31. The van der Waals surface area contributed by atoms with Crippen LogP contribution < -0.4 is 14.8 Å². The number of hydrogen-bond acceptors (Lipinski definition) is 5. The molecule has 7 nitrogen and oxygen atoms in total. The summed E-state index contributed by atoms with van der Waals surface area (Å²) in [6.45, 7) is 5.30. The number of piperidine rings is 1. The molecule has 2 aromatic carbocycles. The predicted molar refractivity (Wildman–Crippen MR) is 147 cm³/mol. The summed E-state index contributed by atoms with van der Waals surface area (Å²) in [5.41, 5.74) is 3.50. The second-order valence-corrected chi connectivity index (χ2v) is 9.15. The maximum Gasteiger partial charge on any atom is 0.311 e. The summed E-state index contributed by atoms with van der Waals surface area (Å²) in [4.78, 5) is 29.5. The number of fused-ring (bicyclic) bond motifs is 1. The summed E-state index contributed by atoms with van der Waals surface area (Å²) in [5, 5.41) is 4.30. The van der Waals surface area contributed by atoms with E-state index in [0.29, 0.717) is 30.4 Å². The normalized spacial score (nSPS) is 15.0. The zero-order valence-corrected chi connectivity index (χ0v) is 21.5. The van der Waals surface area contributed by atoms with Gasteiger partial charge in [0.05, 0.1) is 7.11 Å². The highest BCUT2D eigenvalue weighted by Crippen LogP contribution is 2.33. The molecule has 2 N–H and O–H groups in total. The molecule has 2 heterocycles. The van der Waals surface area contributed by atoms with Gasteiger partial charge >= 0.3 is 5.97 Å². The van der Waals surface area contributed by atoms with Gasteiger partial charge in [0.15, 0.2) is 11.5 Å². The minimum absolute atomic E-state index is 0.113. The lowest BCUT2D eigenvalue weighted by Crippen LogP contribution is -2.38. The number of para-hydroxylation sites is 1. The average molecular weight is 502 g/mol. The Bertz CT molecular complexity index is 1270. The largest absolute Gasteiger partial charge is 0.493 e. The summed E-state index contributed by atoms with van der Waals surface area (Å²) in [6.07, 6.45) is 11.6. The van der Waals surface area contributed by atoms with E-state index in [4.69, 9.17) is 9.47 Å². The fourth-order valence-corrected chi connectivity index (χ4v) is 4.67. The molecule has 4 rings (SSSR count). The Morgan fingerprint density at radius 3 is 2.70 bits per heavy atom. The molecule has 1 aromatic heterocycles. The molecule has 0 bridgehead atoms. The van der Waals surface area contributed by atoms with E-state index in [9.17, 15) is 9.59 Å². The molecule has 0 spiro atoms. The van der Waals surface area contributed by atoms with Crippen molar-refractivity contribution in [2.24, 2.45) is 0 Å². The topological polar surface area (TPSA) is 83.7 Å². The van der Waals surface area contributed by atoms with Crippen molar-refractivity contribution in [2.75, 3.05) is 33.3 Å². The SMILES string of the molecule is CCC(=O)Oc1ccc(/C=C/C=C/C(=O)NCCN2CCC(c3c[nH]c4ccccc34)CC2)cc1OC. The first-order chi connectivity index (χ1) is 18.1. The van der Waals surface area contributed by atoms with Gasteiger partial charge in [0.25, 0.3) is 0 Å². The molecule has 1 fully saturated rings. The molecule has 0 unspecified atom stereocenters. The second-order valence-electron chi connectivity index (χ2n) is 9.15. The lowest BCUT2D eigenvalue weighted by atomic mass is 9.89. The van der Waals surface area contributed by atoms with Gasteiger partial charge in [-0.3, -0.25) is 9.59 Å². The number of amides is 1. The first-order valence-electron chi connectivity index (χ1n) is 12.9. The van der Waals surface area contributed by atoms with Crippen LogP contribution in [0.4, 0.5) is 0 Å².